The fraction of sp³-hybridized carbons (Fsp3) is 0.857. The zero-order valence-corrected chi connectivity index (χ0v) is 10.8. The summed E-state index contributed by atoms with van der Waals surface area (Å²) >= 11 is 0. The predicted molar refractivity (Wildman–Crippen MR) is 68.0 cm³/mol. The molecule has 2 aliphatic carbocycles. The molecule has 0 radical (unpaired) electrons. The molecule has 1 N–H and O–H groups in total. The van der Waals surface area contributed by atoms with Gasteiger partial charge in [0.15, 0.2) is 5.82 Å². The van der Waals surface area contributed by atoms with E-state index < -0.39 is 0 Å². The molecule has 2 aliphatic rings. The van der Waals surface area contributed by atoms with Crippen molar-refractivity contribution in [3.05, 3.63) is 11.6 Å². The lowest BCUT2D eigenvalue weighted by atomic mass is 9.89. The molecule has 0 aliphatic heterocycles. The average molecular weight is 233 g/mol. The quantitative estimate of drug-likeness (QED) is 0.845. The second-order valence-electron chi connectivity index (χ2n) is 5.93. The molecule has 1 aromatic heterocycles. The zero-order chi connectivity index (χ0) is 11.7. The van der Waals surface area contributed by atoms with Crippen LogP contribution in [0.15, 0.2) is 0 Å². The minimum absolute atomic E-state index is 0.630. The number of nitrogens with one attached hydrogen (secondary N) is 1. The van der Waals surface area contributed by atoms with Gasteiger partial charge in [0.25, 0.3) is 0 Å². The van der Waals surface area contributed by atoms with Gasteiger partial charge in [0, 0.05) is 11.8 Å². The highest BCUT2D eigenvalue weighted by atomic mass is 15.2. The minimum Gasteiger partial charge on any atom is -0.263 e. The summed E-state index contributed by atoms with van der Waals surface area (Å²) in [4.78, 5) is 4.80. The van der Waals surface area contributed by atoms with Crippen molar-refractivity contribution < 1.29 is 0 Å². The molecule has 17 heavy (non-hydrogen) atoms. The standard InChI is InChI=1S/C14H23N3/c1-10-6-5-9-12(10)14-15-13(16-17-14)11-7-3-2-4-8-11/h10-12H,2-9H2,1H3,(H,15,16,17). The van der Waals surface area contributed by atoms with E-state index >= 15 is 0 Å². The molecule has 1 aromatic rings. The Kier molecular flexibility index (Phi) is 3.17. The monoisotopic (exact) mass is 233 g/mol. The summed E-state index contributed by atoms with van der Waals surface area (Å²) in [6, 6.07) is 0. The van der Waals surface area contributed by atoms with Crippen LogP contribution in [0.4, 0.5) is 0 Å². The van der Waals surface area contributed by atoms with E-state index in [1.54, 1.807) is 0 Å². The Morgan fingerprint density at radius 3 is 2.53 bits per heavy atom. The van der Waals surface area contributed by atoms with Gasteiger partial charge in [-0.3, -0.25) is 5.10 Å². The van der Waals surface area contributed by atoms with Crippen LogP contribution in [0.25, 0.3) is 0 Å². The van der Waals surface area contributed by atoms with Crippen LogP contribution in [0.5, 0.6) is 0 Å². The first kappa shape index (κ1) is 11.2. The fourth-order valence-corrected chi connectivity index (χ4v) is 3.55. The highest BCUT2D eigenvalue weighted by Crippen LogP contribution is 2.38. The van der Waals surface area contributed by atoms with E-state index in [2.05, 4.69) is 17.1 Å². The summed E-state index contributed by atoms with van der Waals surface area (Å²) in [5.74, 6) is 4.31. The maximum atomic E-state index is 4.80. The fourth-order valence-electron chi connectivity index (χ4n) is 3.55. The van der Waals surface area contributed by atoms with Crippen molar-refractivity contribution >= 4 is 0 Å². The molecule has 2 atom stereocenters. The Labute approximate surface area is 103 Å². The van der Waals surface area contributed by atoms with Gasteiger partial charge in [0.1, 0.15) is 5.82 Å². The van der Waals surface area contributed by atoms with Crippen LogP contribution < -0.4 is 0 Å². The molecule has 94 valence electrons. The van der Waals surface area contributed by atoms with Crippen LogP contribution in [0.3, 0.4) is 0 Å². The van der Waals surface area contributed by atoms with Crippen molar-refractivity contribution in [1.82, 2.24) is 15.2 Å². The Hall–Kier alpha value is -0.860. The topological polar surface area (TPSA) is 41.6 Å². The maximum Gasteiger partial charge on any atom is 0.153 e. The smallest absolute Gasteiger partial charge is 0.153 e. The lowest BCUT2D eigenvalue weighted by Crippen LogP contribution is -2.07. The van der Waals surface area contributed by atoms with Crippen LogP contribution in [0.1, 0.15) is 81.8 Å². The Morgan fingerprint density at radius 1 is 1.00 bits per heavy atom. The van der Waals surface area contributed by atoms with Crippen LogP contribution in [-0.4, -0.2) is 15.2 Å². The number of aromatic nitrogens is 3. The lowest BCUT2D eigenvalue weighted by Gasteiger charge is -2.18. The predicted octanol–water partition coefficient (Wildman–Crippen LogP) is 3.76. The molecule has 0 amide bonds. The van der Waals surface area contributed by atoms with E-state index in [0.717, 1.165) is 17.6 Å². The highest BCUT2D eigenvalue weighted by molar-refractivity contribution is 5.05. The summed E-state index contributed by atoms with van der Waals surface area (Å²) in [6.45, 7) is 2.35. The van der Waals surface area contributed by atoms with Crippen LogP contribution in [-0.2, 0) is 0 Å². The van der Waals surface area contributed by atoms with Gasteiger partial charge in [-0.25, -0.2) is 4.98 Å². The Balaban J connectivity index is 1.73. The molecule has 0 spiro atoms. The molecule has 0 aromatic carbocycles. The van der Waals surface area contributed by atoms with E-state index in [1.807, 2.05) is 0 Å². The number of hydrogen-bond donors (Lipinski definition) is 1. The van der Waals surface area contributed by atoms with Crippen molar-refractivity contribution in [2.75, 3.05) is 0 Å². The minimum atomic E-state index is 0.630. The molecule has 3 nitrogen and oxygen atoms in total. The molecule has 0 bridgehead atoms. The third-order valence-electron chi connectivity index (χ3n) is 4.70. The number of aromatic amines is 1. The molecule has 2 unspecified atom stereocenters. The van der Waals surface area contributed by atoms with Gasteiger partial charge in [-0.15, -0.1) is 0 Å². The van der Waals surface area contributed by atoms with Crippen LogP contribution >= 0.6 is 0 Å². The third kappa shape index (κ3) is 2.24. The summed E-state index contributed by atoms with van der Waals surface area (Å²) in [5.41, 5.74) is 0. The normalized spacial score (nSPS) is 30.9. The summed E-state index contributed by atoms with van der Waals surface area (Å²) in [6.07, 6.45) is 10.7. The summed E-state index contributed by atoms with van der Waals surface area (Å²) in [7, 11) is 0. The van der Waals surface area contributed by atoms with Crippen LogP contribution in [0.2, 0.25) is 0 Å². The van der Waals surface area contributed by atoms with E-state index in [0.29, 0.717) is 11.8 Å². The molecule has 3 heteroatoms. The summed E-state index contributed by atoms with van der Waals surface area (Å²) in [5, 5.41) is 7.70. The molecular formula is C14H23N3. The third-order valence-corrected chi connectivity index (χ3v) is 4.70. The van der Waals surface area contributed by atoms with Gasteiger partial charge in [0.05, 0.1) is 0 Å². The first-order valence-corrected chi connectivity index (χ1v) is 7.27. The molecule has 1 heterocycles. The molecule has 2 fully saturated rings. The first-order chi connectivity index (χ1) is 8.34. The summed E-state index contributed by atoms with van der Waals surface area (Å²) < 4.78 is 0. The van der Waals surface area contributed by atoms with E-state index in [1.165, 1.54) is 51.4 Å². The molecule has 3 rings (SSSR count). The Morgan fingerprint density at radius 2 is 1.82 bits per heavy atom. The SMILES string of the molecule is CC1CCCC1c1nc(C2CCCCC2)n[nH]1. The number of hydrogen-bond acceptors (Lipinski definition) is 2. The van der Waals surface area contributed by atoms with Gasteiger partial charge in [0.2, 0.25) is 0 Å². The molecule has 2 saturated carbocycles. The first-order valence-electron chi connectivity index (χ1n) is 7.27. The van der Waals surface area contributed by atoms with E-state index in [4.69, 9.17) is 4.98 Å². The van der Waals surface area contributed by atoms with Gasteiger partial charge < -0.3 is 0 Å². The van der Waals surface area contributed by atoms with Gasteiger partial charge in [-0.1, -0.05) is 32.6 Å². The largest absolute Gasteiger partial charge is 0.263 e. The van der Waals surface area contributed by atoms with E-state index in [-0.39, 0.29) is 0 Å². The second-order valence-corrected chi connectivity index (χ2v) is 5.93. The maximum absolute atomic E-state index is 4.80. The van der Waals surface area contributed by atoms with Crippen molar-refractivity contribution in [3.8, 4) is 0 Å². The van der Waals surface area contributed by atoms with Gasteiger partial charge in [-0.05, 0) is 31.6 Å². The number of rotatable bonds is 2. The van der Waals surface area contributed by atoms with Crippen molar-refractivity contribution in [2.24, 2.45) is 5.92 Å². The molecule has 0 saturated heterocycles. The highest BCUT2D eigenvalue weighted by Gasteiger charge is 2.29. The van der Waals surface area contributed by atoms with Gasteiger partial charge in [-0.2, -0.15) is 5.10 Å². The van der Waals surface area contributed by atoms with Crippen LogP contribution in [0, 0.1) is 5.92 Å². The van der Waals surface area contributed by atoms with Gasteiger partial charge >= 0.3 is 0 Å². The lowest BCUT2D eigenvalue weighted by molar-refractivity contribution is 0.429. The van der Waals surface area contributed by atoms with Crippen molar-refractivity contribution in [2.45, 2.75) is 70.1 Å². The average Bonchev–Trinajstić information content (AvgIpc) is 2.98. The second kappa shape index (κ2) is 4.79. The molecular weight excluding hydrogens is 210 g/mol. The van der Waals surface area contributed by atoms with Crippen molar-refractivity contribution in [3.63, 3.8) is 0 Å². The Bertz CT molecular complexity index is 365. The van der Waals surface area contributed by atoms with E-state index in [9.17, 15) is 0 Å². The zero-order valence-electron chi connectivity index (χ0n) is 10.8. The van der Waals surface area contributed by atoms with Crippen molar-refractivity contribution in [1.29, 1.82) is 0 Å². The number of nitrogens with zero attached hydrogens (tertiary/aromatic N) is 2. The number of H-pyrrole nitrogens is 1.